The zero-order chi connectivity index (χ0) is 29.1. The highest BCUT2D eigenvalue weighted by Gasteiger charge is 2.45. The minimum absolute atomic E-state index is 0.0263. The number of esters is 1. The number of methoxy groups -OCH3 is 1. The number of aliphatic carboxylic acids is 1. The van der Waals surface area contributed by atoms with Crippen LogP contribution in [0.25, 0.3) is 0 Å². The van der Waals surface area contributed by atoms with E-state index in [-0.39, 0.29) is 28.3 Å². The number of halogens is 2. The van der Waals surface area contributed by atoms with E-state index in [1.54, 1.807) is 13.8 Å². The summed E-state index contributed by atoms with van der Waals surface area (Å²) in [5.74, 6) is -2.78. The van der Waals surface area contributed by atoms with Crippen molar-refractivity contribution in [2.45, 2.75) is 73.5 Å². The Balaban J connectivity index is 0.000000216. The number of nitrogens with zero attached hydrogens (tertiary/aromatic N) is 2. The van der Waals surface area contributed by atoms with Crippen LogP contribution >= 0.6 is 0 Å². The number of carbonyl (C=O) groups excluding carboxylic acids is 1. The van der Waals surface area contributed by atoms with Crippen LogP contribution in [0.3, 0.4) is 0 Å². The van der Waals surface area contributed by atoms with Crippen LogP contribution in [0.15, 0.2) is 58.3 Å². The Bertz CT molecular complexity index is 1400. The molecule has 0 aromatic heterocycles. The molecule has 1 N–H and O–H groups in total. The van der Waals surface area contributed by atoms with Gasteiger partial charge in [0.15, 0.2) is 0 Å². The maximum atomic E-state index is 12.9. The molecule has 39 heavy (non-hydrogen) atoms. The fourth-order valence-electron chi connectivity index (χ4n) is 4.78. The molecule has 2 aromatic carbocycles. The summed E-state index contributed by atoms with van der Waals surface area (Å²) in [7, 11) is -6.53. The second kappa shape index (κ2) is 12.1. The first-order valence-electron chi connectivity index (χ1n) is 12.1. The first-order chi connectivity index (χ1) is 18.2. The van der Waals surface area contributed by atoms with E-state index in [0.717, 1.165) is 45.0 Å². The second-order valence-corrected chi connectivity index (χ2v) is 13.0. The highest BCUT2D eigenvalue weighted by atomic mass is 32.2. The fraction of sp³-hybridized carbons (Fsp3) is 0.440. The van der Waals surface area contributed by atoms with E-state index in [4.69, 9.17) is 5.11 Å². The molecule has 0 bridgehead atoms. The number of hydrogen-bond acceptors (Lipinski definition) is 7. The molecule has 14 heteroatoms. The van der Waals surface area contributed by atoms with Crippen molar-refractivity contribution in [1.29, 1.82) is 0 Å². The Labute approximate surface area is 226 Å². The molecule has 4 rings (SSSR count). The predicted octanol–water partition coefficient (Wildman–Crippen LogP) is 2.99. The molecule has 4 atom stereocenters. The summed E-state index contributed by atoms with van der Waals surface area (Å²) < 4.78 is 82.5. The van der Waals surface area contributed by atoms with Gasteiger partial charge in [-0.1, -0.05) is 0 Å². The summed E-state index contributed by atoms with van der Waals surface area (Å²) >= 11 is 0. The van der Waals surface area contributed by atoms with Gasteiger partial charge in [0.1, 0.15) is 23.7 Å². The van der Waals surface area contributed by atoms with Crippen LogP contribution in [-0.4, -0.2) is 73.8 Å². The van der Waals surface area contributed by atoms with E-state index in [2.05, 4.69) is 4.74 Å². The van der Waals surface area contributed by atoms with Gasteiger partial charge in [0.25, 0.3) is 0 Å². The van der Waals surface area contributed by atoms with Gasteiger partial charge < -0.3 is 9.84 Å². The van der Waals surface area contributed by atoms with Gasteiger partial charge in [0.2, 0.25) is 20.0 Å². The fourth-order valence-corrected chi connectivity index (χ4v) is 8.44. The van der Waals surface area contributed by atoms with Crippen molar-refractivity contribution in [3.05, 3.63) is 60.2 Å². The number of carboxylic acid groups (broad SMARTS) is 1. The SMILES string of the molecule is COC(=O)[C@@H]1CC[C@H](C)N1S(=O)(=O)c1ccc(F)cc1.C[C@H]1CC[C@@H](C(=O)O)N1S(=O)(=O)c1ccc(F)cc1. The van der Waals surface area contributed by atoms with Crippen molar-refractivity contribution in [1.82, 2.24) is 8.61 Å². The quantitative estimate of drug-likeness (QED) is 0.509. The van der Waals surface area contributed by atoms with Crippen LogP contribution in [-0.2, 0) is 34.4 Å². The summed E-state index contributed by atoms with van der Waals surface area (Å²) in [6.07, 6.45) is 1.79. The van der Waals surface area contributed by atoms with Crippen molar-refractivity contribution in [2.75, 3.05) is 7.11 Å². The van der Waals surface area contributed by atoms with Gasteiger partial charge in [-0.05, 0) is 88.1 Å². The van der Waals surface area contributed by atoms with Gasteiger partial charge in [-0.25, -0.2) is 25.6 Å². The molecule has 2 aliphatic rings. The number of benzene rings is 2. The normalized spacial score (nSPS) is 24.1. The Morgan fingerprint density at radius 2 is 1.10 bits per heavy atom. The zero-order valence-corrected chi connectivity index (χ0v) is 23.2. The minimum atomic E-state index is -3.91. The highest BCUT2D eigenvalue weighted by Crippen LogP contribution is 2.32. The molecule has 2 fully saturated rings. The van der Waals surface area contributed by atoms with Gasteiger partial charge in [-0.2, -0.15) is 8.61 Å². The predicted molar refractivity (Wildman–Crippen MR) is 135 cm³/mol. The third-order valence-corrected chi connectivity index (χ3v) is 10.8. The average Bonchev–Trinajstić information content (AvgIpc) is 3.48. The van der Waals surface area contributed by atoms with E-state index >= 15 is 0 Å². The third-order valence-electron chi connectivity index (χ3n) is 6.74. The van der Waals surface area contributed by atoms with Gasteiger partial charge in [0, 0.05) is 12.1 Å². The van der Waals surface area contributed by atoms with Gasteiger partial charge >= 0.3 is 11.9 Å². The molecular weight excluding hydrogens is 558 g/mol. The summed E-state index contributed by atoms with van der Waals surface area (Å²) in [6.45, 7) is 3.41. The number of carboxylic acids is 1. The van der Waals surface area contributed by atoms with Crippen LogP contribution in [0, 0.1) is 11.6 Å². The first-order valence-corrected chi connectivity index (χ1v) is 15.0. The second-order valence-electron chi connectivity index (χ2n) is 9.32. The smallest absolute Gasteiger partial charge is 0.324 e. The van der Waals surface area contributed by atoms with E-state index in [1.807, 2.05) is 0 Å². The lowest BCUT2D eigenvalue weighted by Crippen LogP contribution is -2.44. The number of rotatable bonds is 6. The summed E-state index contributed by atoms with van der Waals surface area (Å²) in [5.41, 5.74) is 0. The summed E-state index contributed by atoms with van der Waals surface area (Å²) in [6, 6.07) is 6.41. The monoisotopic (exact) mass is 588 g/mol. The Hall–Kier alpha value is -2.94. The Morgan fingerprint density at radius 1 is 0.744 bits per heavy atom. The highest BCUT2D eigenvalue weighted by molar-refractivity contribution is 7.89. The van der Waals surface area contributed by atoms with E-state index < -0.39 is 55.7 Å². The first kappa shape index (κ1) is 30.6. The lowest BCUT2D eigenvalue weighted by atomic mass is 10.2. The molecule has 214 valence electrons. The van der Waals surface area contributed by atoms with Crippen molar-refractivity contribution in [3.8, 4) is 0 Å². The summed E-state index contributed by atoms with van der Waals surface area (Å²) in [5, 5.41) is 9.09. The van der Waals surface area contributed by atoms with Crippen molar-refractivity contribution in [3.63, 3.8) is 0 Å². The molecule has 0 unspecified atom stereocenters. The van der Waals surface area contributed by atoms with Crippen LogP contribution in [0.4, 0.5) is 8.78 Å². The molecule has 0 saturated carbocycles. The lowest BCUT2D eigenvalue weighted by molar-refractivity contribution is -0.144. The maximum Gasteiger partial charge on any atom is 0.324 e. The number of hydrogen-bond donors (Lipinski definition) is 1. The molecule has 0 aliphatic carbocycles. The number of carbonyl (C=O) groups is 2. The van der Waals surface area contributed by atoms with Crippen molar-refractivity contribution >= 4 is 32.0 Å². The van der Waals surface area contributed by atoms with E-state index in [0.29, 0.717) is 19.3 Å². The molecule has 0 amide bonds. The molecule has 0 radical (unpaired) electrons. The van der Waals surface area contributed by atoms with E-state index in [1.165, 1.54) is 19.2 Å². The minimum Gasteiger partial charge on any atom is -0.480 e. The zero-order valence-electron chi connectivity index (χ0n) is 21.5. The average molecular weight is 589 g/mol. The topological polar surface area (TPSA) is 138 Å². The third kappa shape index (κ3) is 6.45. The lowest BCUT2D eigenvalue weighted by Gasteiger charge is -2.25. The van der Waals surface area contributed by atoms with Crippen LogP contribution in [0.5, 0.6) is 0 Å². The van der Waals surface area contributed by atoms with Crippen molar-refractivity contribution in [2.24, 2.45) is 0 Å². The van der Waals surface area contributed by atoms with Crippen LogP contribution < -0.4 is 0 Å². The molecule has 2 aromatic rings. The van der Waals surface area contributed by atoms with Crippen LogP contribution in [0.1, 0.15) is 39.5 Å². The number of ether oxygens (including phenoxy) is 1. The molecular formula is C25H30F2N2O8S2. The largest absolute Gasteiger partial charge is 0.480 e. The Morgan fingerprint density at radius 3 is 1.46 bits per heavy atom. The maximum absolute atomic E-state index is 12.9. The number of sulfonamides is 2. The van der Waals surface area contributed by atoms with E-state index in [9.17, 15) is 35.2 Å². The van der Waals surface area contributed by atoms with Crippen molar-refractivity contribution < 1.29 is 45.0 Å². The van der Waals surface area contributed by atoms with Gasteiger partial charge in [-0.15, -0.1) is 0 Å². The summed E-state index contributed by atoms with van der Waals surface area (Å²) in [4.78, 5) is 22.7. The standard InChI is InChI=1S/C13H16FNO4S.C12H14FNO4S/c1-9-3-8-12(13(16)19-2)15(9)20(17,18)11-6-4-10(14)5-7-11;1-8-2-7-11(12(15)16)14(8)19(17,18)10-5-3-9(13)4-6-10/h4-7,9,12H,3,8H2,1-2H3;3-6,8,11H,2,7H2,1H3,(H,15,16)/t9-,12-;8-,11-/m00/s1. The van der Waals surface area contributed by atoms with Gasteiger partial charge in [-0.3, -0.25) is 9.59 Å². The van der Waals surface area contributed by atoms with Gasteiger partial charge in [0.05, 0.1) is 16.9 Å². The molecule has 10 nitrogen and oxygen atoms in total. The molecule has 2 heterocycles. The molecule has 0 spiro atoms. The molecule has 2 saturated heterocycles. The van der Waals surface area contributed by atoms with Crippen LogP contribution in [0.2, 0.25) is 0 Å². The molecule has 2 aliphatic heterocycles. The Kier molecular flexibility index (Phi) is 9.47.